The van der Waals surface area contributed by atoms with Gasteiger partial charge in [-0.1, -0.05) is 11.8 Å². The van der Waals surface area contributed by atoms with Gasteiger partial charge in [-0.05, 0) is 71.3 Å². The molecule has 0 saturated carbocycles. The van der Waals surface area contributed by atoms with Crippen LogP contribution in [0, 0.1) is 6.92 Å². The molecule has 0 radical (unpaired) electrons. The monoisotopic (exact) mass is 429 g/mol. The highest BCUT2D eigenvalue weighted by atomic mass is 32.2. The Hall–Kier alpha value is -1.67. The third-order valence-corrected chi connectivity index (χ3v) is 8.50. The van der Waals surface area contributed by atoms with E-state index in [-0.39, 0.29) is 5.91 Å². The zero-order chi connectivity index (χ0) is 20.1. The van der Waals surface area contributed by atoms with Gasteiger partial charge in [0.05, 0.1) is 11.1 Å². The number of hydrogen-bond donors (Lipinski definition) is 0. The summed E-state index contributed by atoms with van der Waals surface area (Å²) in [7, 11) is 0. The SMILES string of the molecule is Cc1nc2sc3c(c2c2nnc(SCC(=O)N4[C@@H](C)CCC[C@@H]4C)n12)CCCC3. The Morgan fingerprint density at radius 1 is 1.14 bits per heavy atom. The van der Waals surface area contributed by atoms with Crippen molar-refractivity contribution >= 4 is 44.9 Å². The van der Waals surface area contributed by atoms with E-state index >= 15 is 0 Å². The third kappa shape index (κ3) is 3.24. The van der Waals surface area contributed by atoms with Crippen LogP contribution in [0.3, 0.4) is 0 Å². The number of thioether (sulfide) groups is 1. The lowest BCUT2D eigenvalue weighted by atomic mass is 9.97. The molecule has 0 bridgehead atoms. The van der Waals surface area contributed by atoms with Crippen LogP contribution in [0.4, 0.5) is 0 Å². The van der Waals surface area contributed by atoms with E-state index in [4.69, 9.17) is 4.98 Å². The molecule has 1 aliphatic heterocycles. The van der Waals surface area contributed by atoms with Crippen molar-refractivity contribution in [2.45, 2.75) is 83.0 Å². The van der Waals surface area contributed by atoms with Crippen molar-refractivity contribution in [3.05, 3.63) is 16.3 Å². The van der Waals surface area contributed by atoms with Crippen molar-refractivity contribution in [1.82, 2.24) is 24.5 Å². The molecule has 1 saturated heterocycles. The van der Waals surface area contributed by atoms with Gasteiger partial charge in [0.2, 0.25) is 5.91 Å². The Morgan fingerprint density at radius 2 is 1.90 bits per heavy atom. The fourth-order valence-electron chi connectivity index (χ4n) is 4.99. The van der Waals surface area contributed by atoms with Gasteiger partial charge in [0.15, 0.2) is 10.8 Å². The highest BCUT2D eigenvalue weighted by molar-refractivity contribution is 7.99. The zero-order valence-electron chi connectivity index (χ0n) is 17.3. The number of amides is 1. The second-order valence-electron chi connectivity index (χ2n) is 8.41. The average molecular weight is 430 g/mol. The number of aryl methyl sites for hydroxylation is 3. The Morgan fingerprint density at radius 3 is 2.69 bits per heavy atom. The Kier molecular flexibility index (Phi) is 5.02. The topological polar surface area (TPSA) is 63.4 Å². The van der Waals surface area contributed by atoms with E-state index in [1.54, 1.807) is 0 Å². The highest BCUT2D eigenvalue weighted by Crippen LogP contribution is 2.38. The highest BCUT2D eigenvalue weighted by Gasteiger charge is 2.29. The Bertz CT molecular complexity index is 1080. The number of rotatable bonds is 3. The number of nitrogens with zero attached hydrogens (tertiary/aromatic N) is 5. The van der Waals surface area contributed by atoms with Crippen LogP contribution in [0.25, 0.3) is 15.9 Å². The first kappa shape index (κ1) is 19.3. The van der Waals surface area contributed by atoms with Crippen LogP contribution < -0.4 is 0 Å². The normalized spacial score (nSPS) is 22.4. The van der Waals surface area contributed by atoms with Crippen LogP contribution in [0.5, 0.6) is 0 Å². The molecule has 5 rings (SSSR count). The van der Waals surface area contributed by atoms with E-state index in [2.05, 4.69) is 28.9 Å². The maximum absolute atomic E-state index is 12.9. The summed E-state index contributed by atoms with van der Waals surface area (Å²) in [6.07, 6.45) is 8.15. The van der Waals surface area contributed by atoms with Crippen molar-refractivity contribution in [2.75, 3.05) is 5.75 Å². The van der Waals surface area contributed by atoms with Crippen molar-refractivity contribution in [2.24, 2.45) is 0 Å². The van der Waals surface area contributed by atoms with Crippen LogP contribution in [-0.4, -0.2) is 48.2 Å². The third-order valence-electron chi connectivity index (χ3n) is 6.40. The molecule has 6 nitrogen and oxygen atoms in total. The second-order valence-corrected chi connectivity index (χ2v) is 10.4. The van der Waals surface area contributed by atoms with E-state index in [9.17, 15) is 4.79 Å². The minimum atomic E-state index is 0.200. The van der Waals surface area contributed by atoms with E-state index in [0.29, 0.717) is 17.8 Å². The molecule has 2 aliphatic rings. The van der Waals surface area contributed by atoms with E-state index < -0.39 is 0 Å². The minimum Gasteiger partial charge on any atom is -0.337 e. The maximum atomic E-state index is 12.9. The van der Waals surface area contributed by atoms with Gasteiger partial charge in [0.25, 0.3) is 0 Å². The molecule has 3 aromatic heterocycles. The number of fused-ring (bicyclic) bond motifs is 5. The Labute approximate surface area is 179 Å². The predicted octanol–water partition coefficient (Wildman–Crippen LogP) is 4.41. The van der Waals surface area contributed by atoms with Gasteiger partial charge in [-0.2, -0.15) is 0 Å². The molecule has 0 aromatic carbocycles. The predicted molar refractivity (Wildman–Crippen MR) is 118 cm³/mol. The van der Waals surface area contributed by atoms with Gasteiger partial charge in [-0.3, -0.25) is 9.20 Å². The van der Waals surface area contributed by atoms with Crippen LogP contribution in [-0.2, 0) is 17.6 Å². The number of carbonyl (C=O) groups excluding carboxylic acids is 1. The smallest absolute Gasteiger partial charge is 0.233 e. The van der Waals surface area contributed by atoms with Gasteiger partial charge in [0, 0.05) is 17.0 Å². The number of thiophene rings is 1. The fraction of sp³-hybridized carbons (Fsp3) is 0.619. The summed E-state index contributed by atoms with van der Waals surface area (Å²) in [5.41, 5.74) is 2.33. The lowest BCUT2D eigenvalue weighted by molar-refractivity contribution is -0.134. The largest absolute Gasteiger partial charge is 0.337 e. The fourth-order valence-corrected chi connectivity index (χ4v) is 7.14. The van der Waals surface area contributed by atoms with Crippen molar-refractivity contribution in [3.8, 4) is 0 Å². The molecule has 4 heterocycles. The van der Waals surface area contributed by atoms with Crippen LogP contribution in [0.15, 0.2) is 5.16 Å². The maximum Gasteiger partial charge on any atom is 0.233 e. The number of carbonyl (C=O) groups is 1. The standard InChI is InChI=1S/C21H27N5OS2/c1-12-7-6-8-13(2)25(12)17(27)11-28-21-24-23-19-18-15-9-4-5-10-16(15)29-20(18)22-14(3)26(19)21/h12-13H,4-11H2,1-3H3/t12-,13-/m0/s1. The molecule has 3 aromatic rings. The molecule has 1 fully saturated rings. The molecular formula is C21H27N5OS2. The molecule has 29 heavy (non-hydrogen) atoms. The van der Waals surface area contributed by atoms with Crippen LogP contribution >= 0.6 is 23.1 Å². The molecule has 8 heteroatoms. The Balaban J connectivity index is 1.46. The first-order valence-corrected chi connectivity index (χ1v) is 12.4. The summed E-state index contributed by atoms with van der Waals surface area (Å²) in [6, 6.07) is 0.643. The van der Waals surface area contributed by atoms with Crippen molar-refractivity contribution < 1.29 is 4.79 Å². The second kappa shape index (κ2) is 7.54. The first-order chi connectivity index (χ1) is 14.0. The quantitative estimate of drug-likeness (QED) is 0.577. The van der Waals surface area contributed by atoms with Gasteiger partial charge < -0.3 is 4.90 Å². The van der Waals surface area contributed by atoms with Crippen molar-refractivity contribution in [1.29, 1.82) is 0 Å². The number of piperidine rings is 1. The van der Waals surface area contributed by atoms with Crippen molar-refractivity contribution in [3.63, 3.8) is 0 Å². The summed E-state index contributed by atoms with van der Waals surface area (Å²) in [6.45, 7) is 6.33. The minimum absolute atomic E-state index is 0.200. The van der Waals surface area contributed by atoms with Gasteiger partial charge in [-0.25, -0.2) is 4.98 Å². The van der Waals surface area contributed by atoms with E-state index in [1.807, 2.05) is 22.7 Å². The first-order valence-electron chi connectivity index (χ1n) is 10.6. The van der Waals surface area contributed by atoms with Crippen LogP contribution in [0.2, 0.25) is 0 Å². The molecular weight excluding hydrogens is 402 g/mol. The molecule has 0 N–H and O–H groups in total. The average Bonchev–Trinajstić information content (AvgIpc) is 3.27. The summed E-state index contributed by atoms with van der Waals surface area (Å²) < 4.78 is 2.05. The zero-order valence-corrected chi connectivity index (χ0v) is 18.9. The van der Waals surface area contributed by atoms with Gasteiger partial charge in [0.1, 0.15) is 10.7 Å². The summed E-state index contributed by atoms with van der Waals surface area (Å²) in [5, 5.41) is 11.0. The summed E-state index contributed by atoms with van der Waals surface area (Å²) in [4.78, 5) is 22.4. The molecule has 2 atom stereocenters. The molecule has 0 spiro atoms. The molecule has 0 unspecified atom stereocenters. The van der Waals surface area contributed by atoms with E-state index in [1.165, 1.54) is 46.9 Å². The lowest BCUT2D eigenvalue weighted by Crippen LogP contribution is -2.48. The number of aromatic nitrogens is 4. The van der Waals surface area contributed by atoms with Crippen LogP contribution in [0.1, 0.15) is 62.2 Å². The summed E-state index contributed by atoms with van der Waals surface area (Å²) >= 11 is 3.30. The van der Waals surface area contributed by atoms with Gasteiger partial charge >= 0.3 is 0 Å². The number of hydrogen-bond acceptors (Lipinski definition) is 6. The number of likely N-dealkylation sites (tertiary alicyclic amines) is 1. The molecule has 1 amide bonds. The lowest BCUT2D eigenvalue weighted by Gasteiger charge is -2.39. The molecule has 1 aliphatic carbocycles. The summed E-state index contributed by atoms with van der Waals surface area (Å²) in [5.74, 6) is 1.49. The van der Waals surface area contributed by atoms with Gasteiger partial charge in [-0.15, -0.1) is 21.5 Å². The van der Waals surface area contributed by atoms with E-state index in [0.717, 1.165) is 47.1 Å². The molecule has 154 valence electrons.